The van der Waals surface area contributed by atoms with Crippen LogP contribution in [0.15, 0.2) is 48.5 Å². The maximum Gasteiger partial charge on any atom is 0.113 e. The predicted octanol–water partition coefficient (Wildman–Crippen LogP) is 3.28. The summed E-state index contributed by atoms with van der Waals surface area (Å²) >= 11 is 3.67. The number of para-hydroxylation sites is 2. The largest absolute Gasteiger partial charge is 0.244 e. The standard InChI is InChI=1S/C17H17BrN6/c1-17(10-18,11-23-15-8-4-2-6-13(15)19-21-23)12-24-16-9-5-3-7-14(16)20-22-24/h2-9H,10-12H2,1H3. The number of alkyl halides is 1. The highest BCUT2D eigenvalue weighted by Crippen LogP contribution is 2.27. The Hall–Kier alpha value is -2.28. The van der Waals surface area contributed by atoms with Crippen LogP contribution in [0.2, 0.25) is 0 Å². The number of aromatic nitrogens is 6. The van der Waals surface area contributed by atoms with Gasteiger partial charge in [-0.25, -0.2) is 9.36 Å². The highest BCUT2D eigenvalue weighted by atomic mass is 79.9. The first-order valence-electron chi connectivity index (χ1n) is 7.81. The summed E-state index contributed by atoms with van der Waals surface area (Å²) in [6, 6.07) is 16.0. The van der Waals surface area contributed by atoms with E-state index in [4.69, 9.17) is 0 Å². The summed E-state index contributed by atoms with van der Waals surface area (Å²) in [6.07, 6.45) is 0. The van der Waals surface area contributed by atoms with Crippen LogP contribution in [0.3, 0.4) is 0 Å². The predicted molar refractivity (Wildman–Crippen MR) is 97.0 cm³/mol. The quantitative estimate of drug-likeness (QED) is 0.495. The van der Waals surface area contributed by atoms with Gasteiger partial charge in [0.15, 0.2) is 0 Å². The molecule has 24 heavy (non-hydrogen) atoms. The number of benzene rings is 2. The number of halogens is 1. The molecule has 2 heterocycles. The van der Waals surface area contributed by atoms with Crippen LogP contribution in [-0.2, 0) is 13.1 Å². The molecule has 0 aliphatic heterocycles. The molecule has 122 valence electrons. The van der Waals surface area contributed by atoms with Crippen LogP contribution in [0.1, 0.15) is 6.92 Å². The highest BCUT2D eigenvalue weighted by Gasteiger charge is 2.27. The molecular weight excluding hydrogens is 368 g/mol. The van der Waals surface area contributed by atoms with Crippen molar-refractivity contribution in [3.05, 3.63) is 48.5 Å². The van der Waals surface area contributed by atoms with Crippen LogP contribution < -0.4 is 0 Å². The third-order valence-electron chi connectivity index (χ3n) is 4.23. The maximum absolute atomic E-state index is 4.32. The van der Waals surface area contributed by atoms with Gasteiger partial charge in [-0.3, -0.25) is 0 Å². The summed E-state index contributed by atoms with van der Waals surface area (Å²) < 4.78 is 3.94. The third kappa shape index (κ3) is 2.69. The summed E-state index contributed by atoms with van der Waals surface area (Å²) in [4.78, 5) is 0. The fourth-order valence-corrected chi connectivity index (χ4v) is 3.28. The van der Waals surface area contributed by atoms with Crippen molar-refractivity contribution in [3.8, 4) is 0 Å². The van der Waals surface area contributed by atoms with E-state index >= 15 is 0 Å². The van der Waals surface area contributed by atoms with E-state index in [1.165, 1.54) is 0 Å². The van der Waals surface area contributed by atoms with E-state index in [-0.39, 0.29) is 5.41 Å². The van der Waals surface area contributed by atoms with Gasteiger partial charge >= 0.3 is 0 Å². The van der Waals surface area contributed by atoms with Gasteiger partial charge in [0, 0.05) is 10.7 Å². The van der Waals surface area contributed by atoms with Crippen LogP contribution >= 0.6 is 15.9 Å². The zero-order valence-corrected chi connectivity index (χ0v) is 14.9. The summed E-state index contributed by atoms with van der Waals surface area (Å²) in [6.45, 7) is 3.70. The Kier molecular flexibility index (Phi) is 3.80. The zero-order valence-electron chi connectivity index (χ0n) is 13.3. The van der Waals surface area contributed by atoms with E-state index in [0.29, 0.717) is 0 Å². The Labute approximate surface area is 147 Å². The molecule has 0 aliphatic rings. The lowest BCUT2D eigenvalue weighted by atomic mass is 9.93. The lowest BCUT2D eigenvalue weighted by molar-refractivity contribution is 0.249. The Balaban J connectivity index is 1.66. The van der Waals surface area contributed by atoms with Crippen LogP contribution in [0.25, 0.3) is 22.1 Å². The van der Waals surface area contributed by atoms with E-state index in [9.17, 15) is 0 Å². The molecule has 0 atom stereocenters. The van der Waals surface area contributed by atoms with E-state index < -0.39 is 0 Å². The molecule has 0 bridgehead atoms. The van der Waals surface area contributed by atoms with Gasteiger partial charge in [-0.15, -0.1) is 10.2 Å². The second-order valence-corrected chi connectivity index (χ2v) is 6.98. The molecule has 0 amide bonds. The van der Waals surface area contributed by atoms with Crippen molar-refractivity contribution < 1.29 is 0 Å². The Morgan fingerprint density at radius 1 is 0.833 bits per heavy atom. The van der Waals surface area contributed by atoms with Gasteiger partial charge in [0.25, 0.3) is 0 Å². The van der Waals surface area contributed by atoms with E-state index in [0.717, 1.165) is 40.5 Å². The number of nitrogens with zero attached hydrogens (tertiary/aromatic N) is 6. The molecule has 0 aliphatic carbocycles. The average Bonchev–Trinajstić information content (AvgIpc) is 3.20. The number of hydrogen-bond donors (Lipinski definition) is 0. The molecular formula is C17H17BrN6. The molecule has 4 rings (SSSR count). The fourth-order valence-electron chi connectivity index (χ4n) is 2.93. The van der Waals surface area contributed by atoms with Gasteiger partial charge in [-0.05, 0) is 24.3 Å². The Morgan fingerprint density at radius 3 is 1.75 bits per heavy atom. The molecule has 4 aromatic rings. The normalized spacial score (nSPS) is 12.2. The zero-order chi connectivity index (χ0) is 16.6. The Morgan fingerprint density at radius 2 is 1.29 bits per heavy atom. The molecule has 6 nitrogen and oxygen atoms in total. The minimum Gasteiger partial charge on any atom is -0.244 e. The molecule has 0 radical (unpaired) electrons. The van der Waals surface area contributed by atoms with Crippen LogP contribution in [0, 0.1) is 5.41 Å². The van der Waals surface area contributed by atoms with Gasteiger partial charge < -0.3 is 0 Å². The lowest BCUT2D eigenvalue weighted by Crippen LogP contribution is -2.31. The topological polar surface area (TPSA) is 61.4 Å². The summed E-state index contributed by atoms with van der Waals surface area (Å²) in [5.74, 6) is 0. The molecule has 0 N–H and O–H groups in total. The average molecular weight is 385 g/mol. The second kappa shape index (κ2) is 5.98. The van der Waals surface area contributed by atoms with Crippen molar-refractivity contribution in [1.29, 1.82) is 0 Å². The van der Waals surface area contributed by atoms with Crippen molar-refractivity contribution in [2.75, 3.05) is 5.33 Å². The summed E-state index contributed by atoms with van der Waals surface area (Å²) in [7, 11) is 0. The molecule has 7 heteroatoms. The molecule has 2 aromatic heterocycles. The number of fused-ring (bicyclic) bond motifs is 2. The molecule has 0 unspecified atom stereocenters. The highest BCUT2D eigenvalue weighted by molar-refractivity contribution is 9.09. The van der Waals surface area contributed by atoms with Gasteiger partial charge in [0.2, 0.25) is 0 Å². The lowest BCUT2D eigenvalue weighted by Gasteiger charge is -2.27. The van der Waals surface area contributed by atoms with Crippen LogP contribution in [-0.4, -0.2) is 35.3 Å². The van der Waals surface area contributed by atoms with E-state index in [2.05, 4.69) is 55.6 Å². The summed E-state index contributed by atoms with van der Waals surface area (Å²) in [5.41, 5.74) is 3.86. The Bertz CT molecular complexity index is 913. The molecule has 0 saturated carbocycles. The first kappa shape index (κ1) is 15.3. The molecule has 0 spiro atoms. The SMILES string of the molecule is CC(CBr)(Cn1nnc2ccccc21)Cn1nnc2ccccc21. The maximum atomic E-state index is 4.32. The third-order valence-corrected chi connectivity index (χ3v) is 5.58. The first-order valence-corrected chi connectivity index (χ1v) is 8.93. The second-order valence-electron chi connectivity index (χ2n) is 6.42. The van der Waals surface area contributed by atoms with Gasteiger partial charge in [-0.2, -0.15) is 0 Å². The van der Waals surface area contributed by atoms with Crippen molar-refractivity contribution in [3.63, 3.8) is 0 Å². The number of rotatable bonds is 5. The van der Waals surface area contributed by atoms with E-state index in [1.807, 2.05) is 45.8 Å². The van der Waals surface area contributed by atoms with Gasteiger partial charge in [0.1, 0.15) is 11.0 Å². The smallest absolute Gasteiger partial charge is 0.113 e. The molecule has 0 saturated heterocycles. The van der Waals surface area contributed by atoms with Crippen LogP contribution in [0.4, 0.5) is 0 Å². The number of hydrogen-bond acceptors (Lipinski definition) is 4. The van der Waals surface area contributed by atoms with Crippen LogP contribution in [0.5, 0.6) is 0 Å². The minimum absolute atomic E-state index is 0.0764. The minimum atomic E-state index is -0.0764. The molecule has 2 aromatic carbocycles. The monoisotopic (exact) mass is 384 g/mol. The summed E-state index contributed by atoms with van der Waals surface area (Å²) in [5, 5.41) is 18.0. The fraction of sp³-hybridized carbons (Fsp3) is 0.294. The van der Waals surface area contributed by atoms with Gasteiger partial charge in [-0.1, -0.05) is 57.5 Å². The molecule has 0 fully saturated rings. The van der Waals surface area contributed by atoms with Gasteiger partial charge in [0.05, 0.1) is 24.1 Å². The van der Waals surface area contributed by atoms with Crippen molar-refractivity contribution in [2.45, 2.75) is 20.0 Å². The van der Waals surface area contributed by atoms with Crippen molar-refractivity contribution in [1.82, 2.24) is 30.0 Å². The van der Waals surface area contributed by atoms with E-state index in [1.54, 1.807) is 0 Å². The first-order chi connectivity index (χ1) is 11.7. The van der Waals surface area contributed by atoms with Crippen molar-refractivity contribution in [2.24, 2.45) is 5.41 Å². The van der Waals surface area contributed by atoms with Crippen molar-refractivity contribution >= 4 is 38.0 Å².